The summed E-state index contributed by atoms with van der Waals surface area (Å²) in [5.41, 5.74) is 7.71. The molecular formula is C15H14BrF2N. The van der Waals surface area contributed by atoms with Crippen molar-refractivity contribution in [3.05, 3.63) is 69.7 Å². The molecule has 0 fully saturated rings. The summed E-state index contributed by atoms with van der Waals surface area (Å²) >= 11 is 3.37. The molecule has 100 valence electrons. The van der Waals surface area contributed by atoms with Gasteiger partial charge in [0.05, 0.1) is 0 Å². The van der Waals surface area contributed by atoms with Crippen LogP contribution in [0.1, 0.15) is 11.1 Å². The van der Waals surface area contributed by atoms with Crippen LogP contribution in [-0.2, 0) is 12.8 Å². The van der Waals surface area contributed by atoms with Gasteiger partial charge in [-0.25, -0.2) is 8.78 Å². The van der Waals surface area contributed by atoms with E-state index in [2.05, 4.69) is 15.9 Å². The molecule has 0 saturated heterocycles. The molecule has 2 N–H and O–H groups in total. The molecule has 2 aromatic carbocycles. The Labute approximate surface area is 119 Å². The minimum absolute atomic E-state index is 0.164. The predicted molar refractivity (Wildman–Crippen MR) is 75.9 cm³/mol. The Bertz CT molecular complexity index is 534. The number of benzene rings is 2. The van der Waals surface area contributed by atoms with Gasteiger partial charge < -0.3 is 5.73 Å². The number of halogens is 3. The van der Waals surface area contributed by atoms with Crippen LogP contribution < -0.4 is 5.73 Å². The first-order chi connectivity index (χ1) is 9.02. The van der Waals surface area contributed by atoms with Crippen molar-refractivity contribution in [1.29, 1.82) is 0 Å². The summed E-state index contributed by atoms with van der Waals surface area (Å²) in [7, 11) is 0. The fraction of sp³-hybridized carbons (Fsp3) is 0.200. The van der Waals surface area contributed by atoms with E-state index in [1.165, 1.54) is 12.1 Å². The SMILES string of the molecule is NC(Cc1ccc(Br)cc1)Cc1cc(F)cc(F)c1. The van der Waals surface area contributed by atoms with Crippen LogP contribution in [0.15, 0.2) is 46.9 Å². The first-order valence-corrected chi connectivity index (χ1v) is 6.77. The van der Waals surface area contributed by atoms with Gasteiger partial charge in [-0.15, -0.1) is 0 Å². The molecule has 0 radical (unpaired) electrons. The number of rotatable bonds is 4. The van der Waals surface area contributed by atoms with Crippen LogP contribution >= 0.6 is 15.9 Å². The highest BCUT2D eigenvalue weighted by Crippen LogP contribution is 2.14. The van der Waals surface area contributed by atoms with Crippen molar-refractivity contribution in [2.24, 2.45) is 5.73 Å². The highest BCUT2D eigenvalue weighted by molar-refractivity contribution is 9.10. The Morgan fingerprint density at radius 2 is 1.42 bits per heavy atom. The van der Waals surface area contributed by atoms with Crippen LogP contribution in [0.3, 0.4) is 0 Å². The van der Waals surface area contributed by atoms with Crippen LogP contribution in [0.25, 0.3) is 0 Å². The monoisotopic (exact) mass is 325 g/mol. The Balaban J connectivity index is 2.00. The first kappa shape index (κ1) is 14.2. The second-order valence-corrected chi connectivity index (χ2v) is 5.49. The molecule has 2 rings (SSSR count). The Morgan fingerprint density at radius 1 is 0.895 bits per heavy atom. The Hall–Kier alpha value is -1.26. The summed E-state index contributed by atoms with van der Waals surface area (Å²) in [6.07, 6.45) is 1.12. The van der Waals surface area contributed by atoms with Crippen molar-refractivity contribution >= 4 is 15.9 Å². The molecule has 0 spiro atoms. The maximum Gasteiger partial charge on any atom is 0.126 e. The lowest BCUT2D eigenvalue weighted by Crippen LogP contribution is -2.25. The van der Waals surface area contributed by atoms with E-state index in [9.17, 15) is 8.78 Å². The molecule has 4 heteroatoms. The van der Waals surface area contributed by atoms with Gasteiger partial charge >= 0.3 is 0 Å². The standard InChI is InChI=1S/C15H14BrF2N/c16-12-3-1-10(2-4-12)7-15(19)8-11-5-13(17)9-14(18)6-11/h1-6,9,15H,7-8,19H2. The zero-order valence-electron chi connectivity index (χ0n) is 10.2. The number of hydrogen-bond donors (Lipinski definition) is 1. The van der Waals surface area contributed by atoms with Gasteiger partial charge in [0.15, 0.2) is 0 Å². The van der Waals surface area contributed by atoms with Gasteiger partial charge in [-0.2, -0.15) is 0 Å². The second-order valence-electron chi connectivity index (χ2n) is 4.57. The molecule has 0 saturated carbocycles. The summed E-state index contributed by atoms with van der Waals surface area (Å²) in [5, 5.41) is 0. The summed E-state index contributed by atoms with van der Waals surface area (Å²) in [4.78, 5) is 0. The van der Waals surface area contributed by atoms with Crippen molar-refractivity contribution in [1.82, 2.24) is 0 Å². The van der Waals surface area contributed by atoms with E-state index < -0.39 is 11.6 Å². The molecule has 0 aliphatic carbocycles. The minimum Gasteiger partial charge on any atom is -0.327 e. The molecule has 0 aliphatic rings. The Morgan fingerprint density at radius 3 is 2.00 bits per heavy atom. The average molecular weight is 326 g/mol. The van der Waals surface area contributed by atoms with Crippen LogP contribution in [-0.4, -0.2) is 6.04 Å². The van der Waals surface area contributed by atoms with Crippen molar-refractivity contribution in [2.75, 3.05) is 0 Å². The molecule has 0 aliphatic heterocycles. The average Bonchev–Trinajstić information content (AvgIpc) is 2.30. The normalized spacial score (nSPS) is 12.4. The number of nitrogens with two attached hydrogens (primary N) is 1. The fourth-order valence-electron chi connectivity index (χ4n) is 2.03. The molecule has 0 amide bonds. The summed E-state index contributed by atoms with van der Waals surface area (Å²) < 4.78 is 27.1. The third-order valence-electron chi connectivity index (χ3n) is 2.83. The van der Waals surface area contributed by atoms with E-state index in [1.54, 1.807) is 0 Å². The van der Waals surface area contributed by atoms with Gasteiger partial charge in [0.2, 0.25) is 0 Å². The van der Waals surface area contributed by atoms with Crippen molar-refractivity contribution in [3.8, 4) is 0 Å². The lowest BCUT2D eigenvalue weighted by Gasteiger charge is -2.12. The molecule has 0 bridgehead atoms. The van der Waals surface area contributed by atoms with E-state index in [0.717, 1.165) is 16.1 Å². The molecule has 2 aromatic rings. The molecule has 0 heterocycles. The van der Waals surface area contributed by atoms with Gasteiger partial charge in [0.25, 0.3) is 0 Å². The summed E-state index contributed by atoms with van der Waals surface area (Å²) in [6, 6.07) is 11.2. The van der Waals surface area contributed by atoms with Crippen LogP contribution in [0.2, 0.25) is 0 Å². The van der Waals surface area contributed by atoms with Gasteiger partial charge in [0.1, 0.15) is 11.6 Å². The summed E-state index contributed by atoms with van der Waals surface area (Å²) in [5.74, 6) is -1.13. The smallest absolute Gasteiger partial charge is 0.126 e. The molecule has 19 heavy (non-hydrogen) atoms. The van der Waals surface area contributed by atoms with Gasteiger partial charge in [-0.3, -0.25) is 0 Å². The van der Waals surface area contributed by atoms with E-state index in [-0.39, 0.29) is 6.04 Å². The first-order valence-electron chi connectivity index (χ1n) is 5.98. The molecule has 0 aromatic heterocycles. The van der Waals surface area contributed by atoms with Crippen LogP contribution in [0, 0.1) is 11.6 Å². The van der Waals surface area contributed by atoms with E-state index in [4.69, 9.17) is 5.73 Å². The van der Waals surface area contributed by atoms with Gasteiger partial charge in [-0.05, 0) is 48.2 Å². The van der Waals surface area contributed by atoms with Gasteiger partial charge in [-0.1, -0.05) is 28.1 Å². The highest BCUT2D eigenvalue weighted by Gasteiger charge is 2.08. The molecule has 1 atom stereocenters. The minimum atomic E-state index is -0.564. The topological polar surface area (TPSA) is 26.0 Å². The largest absolute Gasteiger partial charge is 0.327 e. The highest BCUT2D eigenvalue weighted by atomic mass is 79.9. The fourth-order valence-corrected chi connectivity index (χ4v) is 2.29. The maximum atomic E-state index is 13.1. The predicted octanol–water partition coefficient (Wildman–Crippen LogP) is 3.84. The third-order valence-corrected chi connectivity index (χ3v) is 3.36. The van der Waals surface area contributed by atoms with Crippen molar-refractivity contribution in [2.45, 2.75) is 18.9 Å². The van der Waals surface area contributed by atoms with Crippen molar-refractivity contribution in [3.63, 3.8) is 0 Å². The molecule has 1 unspecified atom stereocenters. The van der Waals surface area contributed by atoms with Gasteiger partial charge in [0, 0.05) is 16.6 Å². The van der Waals surface area contributed by atoms with Crippen LogP contribution in [0.5, 0.6) is 0 Å². The lowest BCUT2D eigenvalue weighted by atomic mass is 10.00. The maximum absolute atomic E-state index is 13.1. The summed E-state index contributed by atoms with van der Waals surface area (Å²) in [6.45, 7) is 0. The van der Waals surface area contributed by atoms with E-state index in [1.807, 2.05) is 24.3 Å². The third kappa shape index (κ3) is 4.40. The number of hydrogen-bond acceptors (Lipinski definition) is 1. The molecule has 1 nitrogen and oxygen atoms in total. The second kappa shape index (κ2) is 6.26. The molecular weight excluding hydrogens is 312 g/mol. The quantitative estimate of drug-likeness (QED) is 0.908. The lowest BCUT2D eigenvalue weighted by molar-refractivity contribution is 0.574. The van der Waals surface area contributed by atoms with Crippen molar-refractivity contribution < 1.29 is 8.78 Å². The van der Waals surface area contributed by atoms with E-state index >= 15 is 0 Å². The zero-order valence-corrected chi connectivity index (χ0v) is 11.8. The Kier molecular flexibility index (Phi) is 4.66. The van der Waals surface area contributed by atoms with Crippen LogP contribution in [0.4, 0.5) is 8.78 Å². The van der Waals surface area contributed by atoms with E-state index in [0.29, 0.717) is 18.4 Å². The zero-order chi connectivity index (χ0) is 13.8.